The van der Waals surface area contributed by atoms with Crippen LogP contribution >= 0.6 is 11.3 Å². The van der Waals surface area contributed by atoms with Crippen molar-refractivity contribution in [1.82, 2.24) is 14.2 Å². The summed E-state index contributed by atoms with van der Waals surface area (Å²) in [6, 6.07) is 6.90. The first kappa shape index (κ1) is 22.4. The van der Waals surface area contributed by atoms with E-state index in [1.165, 1.54) is 34.9 Å². The van der Waals surface area contributed by atoms with Crippen LogP contribution in [0.25, 0.3) is 0 Å². The molecule has 2 aliphatic heterocycles. The van der Waals surface area contributed by atoms with Crippen LogP contribution < -0.4 is 5.32 Å². The third-order valence-electron chi connectivity index (χ3n) is 6.10. The summed E-state index contributed by atoms with van der Waals surface area (Å²) >= 11 is 1.46. The van der Waals surface area contributed by atoms with Crippen LogP contribution in [0, 0.1) is 12.8 Å². The zero-order valence-corrected chi connectivity index (χ0v) is 19.6. The molecule has 1 aromatic carbocycles. The molecule has 3 heterocycles. The Morgan fingerprint density at radius 2 is 1.77 bits per heavy atom. The maximum absolute atomic E-state index is 12.8. The van der Waals surface area contributed by atoms with E-state index in [2.05, 4.69) is 15.2 Å². The standard InChI is InChI=1S/C22H30N4O3S2/c1-17-5-7-20(8-6-17)31(28,29)26-13-9-18(10-14-26)21(27)24-22-23-19(16-30-22)15-25-11-3-2-4-12-25/h5-8,16,18H,2-4,9-15H2,1H3,(H,23,24,27). The van der Waals surface area contributed by atoms with E-state index in [1.807, 2.05) is 12.3 Å². The average Bonchev–Trinajstić information content (AvgIpc) is 3.21. The van der Waals surface area contributed by atoms with Gasteiger partial charge in [-0.25, -0.2) is 13.4 Å². The highest BCUT2D eigenvalue weighted by atomic mass is 32.2. The number of hydrogen-bond donors (Lipinski definition) is 1. The molecule has 1 aromatic heterocycles. The molecule has 0 atom stereocenters. The Labute approximate surface area is 188 Å². The second-order valence-corrected chi connectivity index (χ2v) is 11.3. The molecule has 0 aliphatic carbocycles. The number of thiazole rings is 1. The lowest BCUT2D eigenvalue weighted by Crippen LogP contribution is -2.41. The van der Waals surface area contributed by atoms with Crippen molar-refractivity contribution in [2.75, 3.05) is 31.5 Å². The van der Waals surface area contributed by atoms with E-state index in [9.17, 15) is 13.2 Å². The van der Waals surface area contributed by atoms with E-state index in [0.29, 0.717) is 36.0 Å². The predicted octanol–water partition coefficient (Wildman–Crippen LogP) is 3.48. The monoisotopic (exact) mass is 462 g/mol. The Hall–Kier alpha value is -1.81. The van der Waals surface area contributed by atoms with E-state index in [4.69, 9.17) is 0 Å². The number of sulfonamides is 1. The molecular weight excluding hydrogens is 432 g/mol. The average molecular weight is 463 g/mol. The fourth-order valence-corrected chi connectivity index (χ4v) is 6.38. The number of carbonyl (C=O) groups is 1. The highest BCUT2D eigenvalue weighted by Gasteiger charge is 2.32. The van der Waals surface area contributed by atoms with Gasteiger partial charge in [-0.2, -0.15) is 4.31 Å². The van der Waals surface area contributed by atoms with Gasteiger partial charge in [0, 0.05) is 30.9 Å². The number of rotatable bonds is 6. The number of nitrogens with zero attached hydrogens (tertiary/aromatic N) is 3. The van der Waals surface area contributed by atoms with Gasteiger partial charge in [0.15, 0.2) is 5.13 Å². The van der Waals surface area contributed by atoms with Gasteiger partial charge in [0.1, 0.15) is 0 Å². The number of anilines is 1. The minimum Gasteiger partial charge on any atom is -0.302 e. The maximum Gasteiger partial charge on any atom is 0.243 e. The molecule has 1 amide bonds. The summed E-state index contributed by atoms with van der Waals surface area (Å²) < 4.78 is 27.2. The third kappa shape index (κ3) is 5.52. The molecule has 4 rings (SSSR count). The smallest absolute Gasteiger partial charge is 0.243 e. The minimum atomic E-state index is -3.51. The first-order valence-electron chi connectivity index (χ1n) is 11.0. The Balaban J connectivity index is 1.29. The van der Waals surface area contributed by atoms with E-state index in [-0.39, 0.29) is 11.8 Å². The molecule has 9 heteroatoms. The van der Waals surface area contributed by atoms with Gasteiger partial charge in [-0.1, -0.05) is 24.1 Å². The number of hydrogen-bond acceptors (Lipinski definition) is 6. The van der Waals surface area contributed by atoms with E-state index in [1.54, 1.807) is 24.3 Å². The summed E-state index contributed by atoms with van der Waals surface area (Å²) in [5.74, 6) is -0.259. The summed E-state index contributed by atoms with van der Waals surface area (Å²) in [7, 11) is -3.51. The Bertz CT molecular complexity index is 990. The van der Waals surface area contributed by atoms with Crippen molar-refractivity contribution < 1.29 is 13.2 Å². The Morgan fingerprint density at radius 3 is 2.45 bits per heavy atom. The van der Waals surface area contributed by atoms with Gasteiger partial charge in [-0.3, -0.25) is 9.69 Å². The first-order valence-corrected chi connectivity index (χ1v) is 13.3. The van der Waals surface area contributed by atoms with Crippen LogP contribution in [-0.2, 0) is 21.4 Å². The van der Waals surface area contributed by atoms with Crippen molar-refractivity contribution in [3.05, 3.63) is 40.9 Å². The molecule has 2 saturated heterocycles. The number of carbonyl (C=O) groups excluding carboxylic acids is 1. The van der Waals surface area contributed by atoms with Crippen LogP contribution in [0.3, 0.4) is 0 Å². The van der Waals surface area contributed by atoms with Gasteiger partial charge in [0.2, 0.25) is 15.9 Å². The quantitative estimate of drug-likeness (QED) is 0.711. The highest BCUT2D eigenvalue weighted by molar-refractivity contribution is 7.89. The van der Waals surface area contributed by atoms with Crippen molar-refractivity contribution in [3.8, 4) is 0 Å². The summed E-state index contributed by atoms with van der Waals surface area (Å²) in [6.07, 6.45) is 4.82. The molecule has 0 bridgehead atoms. The molecule has 1 N–H and O–H groups in total. The molecule has 7 nitrogen and oxygen atoms in total. The van der Waals surface area contributed by atoms with Gasteiger partial charge < -0.3 is 5.32 Å². The fourth-order valence-electron chi connectivity index (χ4n) is 4.21. The third-order valence-corrected chi connectivity index (χ3v) is 8.82. The number of benzene rings is 1. The molecule has 0 saturated carbocycles. The van der Waals surface area contributed by atoms with Crippen LogP contribution in [0.5, 0.6) is 0 Å². The van der Waals surface area contributed by atoms with Gasteiger partial charge in [0.25, 0.3) is 0 Å². The van der Waals surface area contributed by atoms with E-state index < -0.39 is 10.0 Å². The SMILES string of the molecule is Cc1ccc(S(=O)(=O)N2CCC(C(=O)Nc3nc(CN4CCCCC4)cs3)CC2)cc1. The maximum atomic E-state index is 12.8. The lowest BCUT2D eigenvalue weighted by molar-refractivity contribution is -0.120. The number of likely N-dealkylation sites (tertiary alicyclic amines) is 1. The summed E-state index contributed by atoms with van der Waals surface area (Å²) in [5.41, 5.74) is 2.02. The van der Waals surface area contributed by atoms with Crippen molar-refractivity contribution >= 4 is 32.4 Å². The lowest BCUT2D eigenvalue weighted by Gasteiger charge is -2.30. The topological polar surface area (TPSA) is 82.6 Å². The van der Waals surface area contributed by atoms with Crippen LogP contribution in [0.2, 0.25) is 0 Å². The second kappa shape index (κ2) is 9.77. The van der Waals surface area contributed by atoms with Gasteiger partial charge in [0.05, 0.1) is 10.6 Å². The second-order valence-electron chi connectivity index (χ2n) is 8.46. The van der Waals surface area contributed by atoms with Crippen molar-refractivity contribution in [2.24, 2.45) is 5.92 Å². The van der Waals surface area contributed by atoms with Crippen molar-refractivity contribution in [2.45, 2.75) is 50.5 Å². The molecule has 0 radical (unpaired) electrons. The van der Waals surface area contributed by atoms with Crippen LogP contribution in [0.15, 0.2) is 34.5 Å². The van der Waals surface area contributed by atoms with E-state index >= 15 is 0 Å². The largest absolute Gasteiger partial charge is 0.302 e. The first-order chi connectivity index (χ1) is 14.9. The molecular formula is C22H30N4O3S2. The summed E-state index contributed by atoms with van der Waals surface area (Å²) in [5, 5.41) is 5.59. The zero-order valence-electron chi connectivity index (χ0n) is 17.9. The molecule has 2 fully saturated rings. The van der Waals surface area contributed by atoms with Gasteiger partial charge >= 0.3 is 0 Å². The normalized spacial score (nSPS) is 19.4. The molecule has 0 spiro atoms. The van der Waals surface area contributed by atoms with Crippen molar-refractivity contribution in [1.29, 1.82) is 0 Å². The number of amides is 1. The Morgan fingerprint density at radius 1 is 1.10 bits per heavy atom. The fraction of sp³-hybridized carbons (Fsp3) is 0.545. The highest BCUT2D eigenvalue weighted by Crippen LogP contribution is 2.26. The van der Waals surface area contributed by atoms with Gasteiger partial charge in [-0.05, 0) is 57.8 Å². The van der Waals surface area contributed by atoms with Crippen LogP contribution in [-0.4, -0.2) is 54.7 Å². The van der Waals surface area contributed by atoms with E-state index in [0.717, 1.165) is 30.9 Å². The molecule has 168 valence electrons. The molecule has 0 unspecified atom stereocenters. The summed E-state index contributed by atoms with van der Waals surface area (Å²) in [4.78, 5) is 20.0. The predicted molar refractivity (Wildman–Crippen MR) is 123 cm³/mol. The minimum absolute atomic E-state index is 0.0637. The number of aromatic nitrogens is 1. The zero-order chi connectivity index (χ0) is 21.8. The van der Waals surface area contributed by atoms with Gasteiger partial charge in [-0.15, -0.1) is 11.3 Å². The summed E-state index contributed by atoms with van der Waals surface area (Å²) in [6.45, 7) is 5.70. The lowest BCUT2D eigenvalue weighted by atomic mass is 9.97. The Kier molecular flexibility index (Phi) is 7.05. The number of piperidine rings is 2. The molecule has 31 heavy (non-hydrogen) atoms. The molecule has 2 aliphatic rings. The molecule has 2 aromatic rings. The van der Waals surface area contributed by atoms with Crippen LogP contribution in [0.1, 0.15) is 43.4 Å². The number of aryl methyl sites for hydroxylation is 1. The van der Waals surface area contributed by atoms with Crippen LogP contribution in [0.4, 0.5) is 5.13 Å². The van der Waals surface area contributed by atoms with Crippen molar-refractivity contribution in [3.63, 3.8) is 0 Å². The number of nitrogens with one attached hydrogen (secondary N) is 1.